The quantitative estimate of drug-likeness (QED) is 0.674. The number of H-pyrrole nitrogens is 1. The normalized spacial score (nSPS) is 23.1. The lowest BCUT2D eigenvalue weighted by atomic mass is 10.0. The van der Waals surface area contributed by atoms with Crippen LogP contribution in [0.15, 0.2) is 18.2 Å². The second kappa shape index (κ2) is 8.20. The molecule has 3 saturated heterocycles. The Morgan fingerprint density at radius 1 is 1.14 bits per heavy atom. The average molecular weight is 399 g/mol. The predicted molar refractivity (Wildman–Crippen MR) is 107 cm³/mol. The van der Waals surface area contributed by atoms with E-state index in [1.165, 1.54) is 0 Å². The molecule has 3 N–H and O–H groups in total. The maximum atomic E-state index is 13.2. The van der Waals surface area contributed by atoms with Gasteiger partial charge in [0.05, 0.1) is 5.52 Å². The number of nitrogens with one attached hydrogen (secondary N) is 2. The summed E-state index contributed by atoms with van der Waals surface area (Å²) in [6.07, 6.45) is 4.02. The van der Waals surface area contributed by atoms with Gasteiger partial charge in [0.15, 0.2) is 5.69 Å². The van der Waals surface area contributed by atoms with Crippen molar-refractivity contribution in [2.24, 2.45) is 5.92 Å². The summed E-state index contributed by atoms with van der Waals surface area (Å²) in [5, 5.41) is 17.9. The molecule has 4 aliphatic rings. The van der Waals surface area contributed by atoms with E-state index in [1.807, 2.05) is 23.1 Å². The molecule has 1 aromatic carbocycles. The van der Waals surface area contributed by atoms with E-state index < -0.39 is 0 Å². The van der Waals surface area contributed by atoms with Crippen LogP contribution in [0.1, 0.15) is 36.2 Å². The Morgan fingerprint density at radius 2 is 1.86 bits per heavy atom. The number of carbonyl (C=O) groups excluding carboxylic acids is 2. The average Bonchev–Trinajstić information content (AvgIpc) is 3.54. The third-order valence-corrected chi connectivity index (χ3v) is 5.90. The number of rotatable bonds is 3. The molecular weight excluding hydrogens is 374 g/mol. The van der Waals surface area contributed by atoms with Crippen LogP contribution in [0.25, 0.3) is 10.9 Å². The molecule has 2 amide bonds. The number of aromatic nitrogens is 2. The zero-order chi connectivity index (χ0) is 20.4. The van der Waals surface area contributed by atoms with Crippen LogP contribution in [-0.2, 0) is 9.59 Å². The lowest BCUT2D eigenvalue weighted by Crippen LogP contribution is -2.41. The molecule has 6 rings (SSSR count). The van der Waals surface area contributed by atoms with Gasteiger partial charge < -0.3 is 20.2 Å². The number of fused-ring (bicyclic) bond motifs is 5. The minimum Gasteiger partial charge on any atom is -0.483 e. The first-order chi connectivity index (χ1) is 14.1. The predicted octanol–water partition coefficient (Wildman–Crippen LogP) is 1.53. The maximum Gasteiger partial charge on any atom is 0.290 e. The van der Waals surface area contributed by atoms with Crippen LogP contribution in [0, 0.1) is 5.92 Å². The molecule has 1 aliphatic carbocycles. The van der Waals surface area contributed by atoms with Crippen molar-refractivity contribution in [3.05, 3.63) is 23.9 Å². The second-order valence-corrected chi connectivity index (χ2v) is 7.77. The lowest BCUT2D eigenvalue weighted by Gasteiger charge is -2.31. The zero-order valence-corrected chi connectivity index (χ0v) is 16.1. The molecule has 4 heterocycles. The highest BCUT2D eigenvalue weighted by atomic mass is 16.3. The van der Waals surface area contributed by atoms with Crippen LogP contribution in [0.2, 0.25) is 0 Å². The SMILES string of the molecule is O=C(Nc1ccc2[nH]nc(C(=O)N3CCN4CCC3CC4)c2c1)C1CC1.O=CO. The summed E-state index contributed by atoms with van der Waals surface area (Å²) < 4.78 is 0. The van der Waals surface area contributed by atoms with Crippen LogP contribution in [0.5, 0.6) is 0 Å². The monoisotopic (exact) mass is 399 g/mol. The molecule has 29 heavy (non-hydrogen) atoms. The number of aromatic amines is 1. The van der Waals surface area contributed by atoms with Gasteiger partial charge in [-0.25, -0.2) is 0 Å². The Kier molecular flexibility index (Phi) is 5.48. The molecule has 0 spiro atoms. The van der Waals surface area contributed by atoms with Gasteiger partial charge in [0.1, 0.15) is 0 Å². The van der Waals surface area contributed by atoms with E-state index in [2.05, 4.69) is 20.4 Å². The van der Waals surface area contributed by atoms with Crippen molar-refractivity contribution < 1.29 is 19.5 Å². The van der Waals surface area contributed by atoms with Gasteiger partial charge in [-0.1, -0.05) is 0 Å². The number of hydrogen-bond donors (Lipinski definition) is 3. The molecule has 1 aromatic heterocycles. The number of benzene rings is 1. The summed E-state index contributed by atoms with van der Waals surface area (Å²) in [4.78, 5) is 38.0. The van der Waals surface area contributed by atoms with Gasteiger partial charge in [0.2, 0.25) is 5.91 Å². The number of nitrogens with zero attached hydrogens (tertiary/aromatic N) is 3. The highest BCUT2D eigenvalue weighted by molar-refractivity contribution is 6.06. The summed E-state index contributed by atoms with van der Waals surface area (Å²) in [6, 6.07) is 5.91. The minimum absolute atomic E-state index is 0.00401. The van der Waals surface area contributed by atoms with Crippen molar-refractivity contribution in [1.29, 1.82) is 0 Å². The van der Waals surface area contributed by atoms with Crippen molar-refractivity contribution in [2.45, 2.75) is 31.7 Å². The molecule has 9 nitrogen and oxygen atoms in total. The molecule has 4 fully saturated rings. The summed E-state index contributed by atoms with van der Waals surface area (Å²) in [7, 11) is 0. The number of piperidine rings is 1. The zero-order valence-electron chi connectivity index (χ0n) is 16.1. The summed E-state index contributed by atoms with van der Waals surface area (Å²) in [5.74, 6) is 0.216. The van der Waals surface area contributed by atoms with Crippen LogP contribution in [0.4, 0.5) is 5.69 Å². The number of carbonyl (C=O) groups is 3. The molecule has 2 bridgehead atoms. The largest absolute Gasteiger partial charge is 0.483 e. The molecule has 1 saturated carbocycles. The van der Waals surface area contributed by atoms with Gasteiger partial charge in [-0.3, -0.25) is 19.5 Å². The van der Waals surface area contributed by atoms with Crippen molar-refractivity contribution in [1.82, 2.24) is 20.0 Å². The van der Waals surface area contributed by atoms with Crippen LogP contribution in [0.3, 0.4) is 0 Å². The summed E-state index contributed by atoms with van der Waals surface area (Å²) >= 11 is 0. The first-order valence-electron chi connectivity index (χ1n) is 10.0. The van der Waals surface area contributed by atoms with Gasteiger partial charge in [0, 0.05) is 49.2 Å². The van der Waals surface area contributed by atoms with Crippen molar-refractivity contribution >= 4 is 34.9 Å². The molecule has 0 atom stereocenters. The summed E-state index contributed by atoms with van der Waals surface area (Å²) in [5.41, 5.74) is 2.01. The van der Waals surface area contributed by atoms with Crippen molar-refractivity contribution in [2.75, 3.05) is 31.5 Å². The van der Waals surface area contributed by atoms with Gasteiger partial charge in [-0.15, -0.1) is 0 Å². The van der Waals surface area contributed by atoms with Gasteiger partial charge in [-0.2, -0.15) is 5.10 Å². The first-order valence-corrected chi connectivity index (χ1v) is 10.0. The highest BCUT2D eigenvalue weighted by Crippen LogP contribution is 2.31. The van der Waals surface area contributed by atoms with Gasteiger partial charge >= 0.3 is 0 Å². The Hall–Kier alpha value is -2.94. The Bertz CT molecular complexity index is 915. The number of carboxylic acid groups (broad SMARTS) is 1. The molecule has 9 heteroatoms. The van der Waals surface area contributed by atoms with E-state index in [4.69, 9.17) is 9.90 Å². The Labute approximate surface area is 168 Å². The Morgan fingerprint density at radius 3 is 2.55 bits per heavy atom. The molecule has 3 aliphatic heterocycles. The van der Waals surface area contributed by atoms with Crippen molar-refractivity contribution in [3.8, 4) is 0 Å². The Balaban J connectivity index is 0.000000645. The van der Waals surface area contributed by atoms with Crippen molar-refractivity contribution in [3.63, 3.8) is 0 Å². The smallest absolute Gasteiger partial charge is 0.290 e. The van der Waals surface area contributed by atoms with E-state index in [0.29, 0.717) is 11.7 Å². The maximum absolute atomic E-state index is 13.2. The fourth-order valence-electron chi connectivity index (χ4n) is 4.13. The molecule has 0 radical (unpaired) electrons. The highest BCUT2D eigenvalue weighted by Gasteiger charge is 2.34. The molecule has 0 unspecified atom stereocenters. The molecule has 2 aromatic rings. The molecular formula is C20H25N5O4. The van der Waals surface area contributed by atoms with E-state index in [0.717, 1.165) is 68.5 Å². The van der Waals surface area contributed by atoms with E-state index >= 15 is 0 Å². The summed E-state index contributed by atoms with van der Waals surface area (Å²) in [6.45, 7) is 3.60. The van der Waals surface area contributed by atoms with E-state index in [9.17, 15) is 9.59 Å². The number of anilines is 1. The minimum atomic E-state index is -0.250. The fraction of sp³-hybridized carbons (Fsp3) is 0.500. The number of hydrogen-bond acceptors (Lipinski definition) is 5. The third kappa shape index (κ3) is 4.09. The topological polar surface area (TPSA) is 119 Å². The second-order valence-electron chi connectivity index (χ2n) is 7.77. The standard InChI is InChI=1S/C19H23N5O2.CH2O2/c25-18(12-1-2-12)20-13-3-4-16-15(11-13)17(22-21-16)19(26)24-10-9-23-7-5-14(24)6-8-23;2-1-3/h3-4,11-12,14H,1-2,5-10H2,(H,20,25)(H,21,22);1H,(H,2,3). The first kappa shape index (κ1) is 19.4. The van der Waals surface area contributed by atoms with E-state index in [-0.39, 0.29) is 24.2 Å². The van der Waals surface area contributed by atoms with Gasteiger partial charge in [-0.05, 0) is 43.9 Å². The van der Waals surface area contributed by atoms with Gasteiger partial charge in [0.25, 0.3) is 12.4 Å². The fourth-order valence-corrected chi connectivity index (χ4v) is 4.13. The lowest BCUT2D eigenvalue weighted by molar-refractivity contribution is -0.123. The van der Waals surface area contributed by atoms with Crippen LogP contribution in [-0.4, -0.2) is 75.6 Å². The van der Waals surface area contributed by atoms with Crippen LogP contribution >= 0.6 is 0 Å². The van der Waals surface area contributed by atoms with E-state index in [1.54, 1.807) is 0 Å². The van der Waals surface area contributed by atoms with Crippen LogP contribution < -0.4 is 5.32 Å². The molecule has 154 valence electrons. The number of amides is 2. The third-order valence-electron chi connectivity index (χ3n) is 5.90.